The number of sulfonamides is 1. The van der Waals surface area contributed by atoms with Crippen molar-refractivity contribution in [1.82, 2.24) is 28.6 Å². The second-order valence-electron chi connectivity index (χ2n) is 10.6. The van der Waals surface area contributed by atoms with E-state index in [9.17, 15) is 22.7 Å². The Morgan fingerprint density at radius 3 is 2.62 bits per heavy atom. The molecule has 5 heterocycles. The molecule has 0 radical (unpaired) electrons. The van der Waals surface area contributed by atoms with Gasteiger partial charge in [0.05, 0.1) is 43.0 Å². The fourth-order valence-electron chi connectivity index (χ4n) is 5.79. The normalized spacial score (nSPS) is 23.5. The first-order chi connectivity index (χ1) is 19.2. The zero-order chi connectivity index (χ0) is 28.0. The number of imidazole rings is 1. The monoisotopic (exact) mass is 589 g/mol. The third-order valence-corrected chi connectivity index (χ3v) is 11.4. The lowest BCUT2D eigenvalue weighted by Crippen LogP contribution is -2.53. The molecule has 3 aromatic rings. The van der Waals surface area contributed by atoms with Gasteiger partial charge in [0.1, 0.15) is 5.82 Å². The summed E-state index contributed by atoms with van der Waals surface area (Å²) in [4.78, 5) is 27.0. The standard InChI is InChI=1S/C26H32FN7O4S2/c1-18(19-2-4-20(27)5-3-19)34-17-28-11-22(34)13-30-6-8-32(9-7-30)40(37,38)25-12-29-26(39-25)31-14-21-10-23(35)15-33(21)24(36)16-31/h2-5,11-12,17-18,21,23,35H,6-10,13-16H2,1H3/t18-,21?,23-/m1/s1. The maximum absolute atomic E-state index is 13.4. The second-order valence-corrected chi connectivity index (χ2v) is 13.8. The molecule has 3 atom stereocenters. The number of benzene rings is 1. The number of aromatic nitrogens is 3. The van der Waals surface area contributed by atoms with E-state index in [1.807, 2.05) is 18.0 Å². The molecule has 1 unspecified atom stereocenters. The summed E-state index contributed by atoms with van der Waals surface area (Å²) in [6.07, 6.45) is 4.98. The highest BCUT2D eigenvalue weighted by Crippen LogP contribution is 2.32. The molecule has 3 saturated heterocycles. The van der Waals surface area contributed by atoms with Crippen LogP contribution in [0, 0.1) is 5.82 Å². The number of fused-ring (bicyclic) bond motifs is 1. The molecule has 3 aliphatic rings. The maximum atomic E-state index is 13.4. The van der Waals surface area contributed by atoms with Crippen LogP contribution in [0.4, 0.5) is 9.52 Å². The van der Waals surface area contributed by atoms with Crippen molar-refractivity contribution in [3.05, 3.63) is 60.1 Å². The van der Waals surface area contributed by atoms with E-state index < -0.39 is 16.1 Å². The molecule has 214 valence electrons. The number of hydrogen-bond donors (Lipinski definition) is 1. The lowest BCUT2D eigenvalue weighted by molar-refractivity contribution is -0.132. The van der Waals surface area contributed by atoms with Gasteiger partial charge in [0, 0.05) is 52.0 Å². The Kier molecular flexibility index (Phi) is 7.38. The number of halogens is 1. The van der Waals surface area contributed by atoms with Crippen LogP contribution in [0.3, 0.4) is 0 Å². The van der Waals surface area contributed by atoms with Crippen LogP contribution < -0.4 is 4.90 Å². The molecule has 40 heavy (non-hydrogen) atoms. The quantitative estimate of drug-likeness (QED) is 0.440. The number of carbonyl (C=O) groups is 1. The number of nitrogens with zero attached hydrogens (tertiary/aromatic N) is 7. The summed E-state index contributed by atoms with van der Waals surface area (Å²) < 4.78 is 44.0. The van der Waals surface area contributed by atoms with Crippen LogP contribution in [0.5, 0.6) is 0 Å². The summed E-state index contributed by atoms with van der Waals surface area (Å²) in [5.74, 6) is -0.344. The highest BCUT2D eigenvalue weighted by molar-refractivity contribution is 7.91. The van der Waals surface area contributed by atoms with Crippen LogP contribution >= 0.6 is 11.3 Å². The van der Waals surface area contributed by atoms with Crippen molar-refractivity contribution in [3.63, 3.8) is 0 Å². The van der Waals surface area contributed by atoms with E-state index in [2.05, 4.69) is 19.4 Å². The SMILES string of the molecule is C[C@H](c1ccc(F)cc1)n1cncc1CN1CCN(S(=O)(=O)c2cnc(N3CC(=O)N4C[C@H](O)CC4C3)s2)CC1. The minimum absolute atomic E-state index is 0.0164. The van der Waals surface area contributed by atoms with Crippen LogP contribution in [-0.2, 0) is 21.4 Å². The summed E-state index contributed by atoms with van der Waals surface area (Å²) >= 11 is 1.09. The molecule has 1 amide bonds. The van der Waals surface area contributed by atoms with Gasteiger partial charge in [-0.25, -0.2) is 22.8 Å². The number of hydrogen-bond acceptors (Lipinski definition) is 9. The number of aliphatic hydroxyl groups is 1. The van der Waals surface area contributed by atoms with Crippen LogP contribution in [0.25, 0.3) is 0 Å². The van der Waals surface area contributed by atoms with E-state index in [1.54, 1.807) is 23.4 Å². The first-order valence-electron chi connectivity index (χ1n) is 13.4. The van der Waals surface area contributed by atoms with Gasteiger partial charge in [0.2, 0.25) is 5.91 Å². The van der Waals surface area contributed by atoms with Crippen molar-refractivity contribution < 1.29 is 22.7 Å². The van der Waals surface area contributed by atoms with E-state index in [4.69, 9.17) is 0 Å². The molecule has 1 N–H and O–H groups in total. The minimum atomic E-state index is -3.71. The average Bonchev–Trinajstić information content (AvgIpc) is 3.69. The first kappa shape index (κ1) is 27.3. The Morgan fingerprint density at radius 2 is 1.88 bits per heavy atom. The van der Waals surface area contributed by atoms with E-state index in [-0.39, 0.29) is 34.6 Å². The summed E-state index contributed by atoms with van der Waals surface area (Å²) in [7, 11) is -3.71. The molecule has 0 aliphatic carbocycles. The Balaban J connectivity index is 1.07. The summed E-state index contributed by atoms with van der Waals surface area (Å²) in [5.41, 5.74) is 1.98. The maximum Gasteiger partial charge on any atom is 0.254 e. The lowest BCUT2D eigenvalue weighted by atomic mass is 10.1. The Morgan fingerprint density at radius 1 is 1.12 bits per heavy atom. The molecule has 0 spiro atoms. The van der Waals surface area contributed by atoms with Crippen molar-refractivity contribution in [2.75, 3.05) is 50.7 Å². The van der Waals surface area contributed by atoms with Crippen LogP contribution in [-0.4, -0.2) is 106 Å². The van der Waals surface area contributed by atoms with Gasteiger partial charge in [-0.3, -0.25) is 9.69 Å². The second kappa shape index (κ2) is 10.8. The Labute approximate surface area is 236 Å². The third kappa shape index (κ3) is 5.26. The van der Waals surface area contributed by atoms with Gasteiger partial charge in [-0.15, -0.1) is 0 Å². The lowest BCUT2D eigenvalue weighted by Gasteiger charge is -2.36. The van der Waals surface area contributed by atoms with Crippen LogP contribution in [0.2, 0.25) is 0 Å². The molecule has 11 nitrogen and oxygen atoms in total. The molecule has 1 aromatic carbocycles. The van der Waals surface area contributed by atoms with Gasteiger partial charge in [0.25, 0.3) is 10.0 Å². The van der Waals surface area contributed by atoms with E-state index >= 15 is 0 Å². The molecule has 0 saturated carbocycles. The Bertz CT molecular complexity index is 1470. The summed E-state index contributed by atoms with van der Waals surface area (Å²) in [6.45, 7) is 5.54. The summed E-state index contributed by atoms with van der Waals surface area (Å²) in [5, 5.41) is 10.5. The highest BCUT2D eigenvalue weighted by Gasteiger charge is 2.40. The fraction of sp³-hybridized carbons (Fsp3) is 0.500. The minimum Gasteiger partial charge on any atom is -0.391 e. The van der Waals surface area contributed by atoms with Crippen LogP contribution in [0.1, 0.15) is 30.6 Å². The average molecular weight is 590 g/mol. The first-order valence-corrected chi connectivity index (χ1v) is 15.6. The molecule has 3 fully saturated rings. The molecule has 14 heteroatoms. The molecule has 0 bridgehead atoms. The van der Waals surface area contributed by atoms with Crippen molar-refractivity contribution >= 4 is 32.4 Å². The zero-order valence-corrected chi connectivity index (χ0v) is 23.8. The van der Waals surface area contributed by atoms with Gasteiger partial charge < -0.3 is 19.5 Å². The predicted molar refractivity (Wildman–Crippen MR) is 147 cm³/mol. The van der Waals surface area contributed by atoms with Crippen molar-refractivity contribution in [1.29, 1.82) is 0 Å². The zero-order valence-electron chi connectivity index (χ0n) is 22.1. The van der Waals surface area contributed by atoms with Crippen molar-refractivity contribution in [3.8, 4) is 0 Å². The Hall–Kier alpha value is -2.91. The van der Waals surface area contributed by atoms with E-state index in [0.29, 0.717) is 57.4 Å². The number of carbonyl (C=O) groups excluding carboxylic acids is 1. The number of aliphatic hydroxyl groups excluding tert-OH is 1. The van der Waals surface area contributed by atoms with E-state index in [1.165, 1.54) is 22.6 Å². The van der Waals surface area contributed by atoms with E-state index in [0.717, 1.165) is 22.6 Å². The molecule has 3 aliphatic heterocycles. The molecule has 6 rings (SSSR count). The van der Waals surface area contributed by atoms with Gasteiger partial charge >= 0.3 is 0 Å². The molecular weight excluding hydrogens is 557 g/mol. The number of anilines is 1. The van der Waals surface area contributed by atoms with Crippen molar-refractivity contribution in [2.24, 2.45) is 0 Å². The topological polar surface area (TPSA) is 115 Å². The number of piperazine rings is 2. The van der Waals surface area contributed by atoms with Gasteiger partial charge in [-0.2, -0.15) is 4.31 Å². The van der Waals surface area contributed by atoms with Crippen molar-refractivity contribution in [2.45, 2.75) is 42.3 Å². The molecule has 2 aromatic heterocycles. The van der Waals surface area contributed by atoms with Gasteiger partial charge in [-0.05, 0) is 31.0 Å². The predicted octanol–water partition coefficient (Wildman–Crippen LogP) is 1.38. The molecular formula is C26H32FN7O4S2. The third-order valence-electron chi connectivity index (χ3n) is 8.04. The van der Waals surface area contributed by atoms with Gasteiger partial charge in [0.15, 0.2) is 9.34 Å². The van der Waals surface area contributed by atoms with Crippen LogP contribution in [0.15, 0.2) is 47.2 Å². The number of rotatable bonds is 7. The number of amides is 1. The summed E-state index contributed by atoms with van der Waals surface area (Å²) in [6, 6.07) is 6.36. The fourth-order valence-corrected chi connectivity index (χ4v) is 8.50. The highest BCUT2D eigenvalue weighted by atomic mass is 32.2. The van der Waals surface area contributed by atoms with Gasteiger partial charge in [-0.1, -0.05) is 23.5 Å². The largest absolute Gasteiger partial charge is 0.391 e. The smallest absolute Gasteiger partial charge is 0.254 e. The number of thiazole rings is 1.